The predicted molar refractivity (Wildman–Crippen MR) is 140 cm³/mol. The molecule has 2 aromatic carbocycles. The van der Waals surface area contributed by atoms with Crippen molar-refractivity contribution in [2.24, 2.45) is 0 Å². The molecule has 6 rings (SSSR count). The molecule has 0 N–H and O–H groups in total. The van der Waals surface area contributed by atoms with Crippen LogP contribution in [0.25, 0.3) is 22.2 Å². The SMILES string of the molecule is COc1ccc(-c2cn(Cc3ncoc3C3CN(C(=O)c4oc5c(Cl)cc(Br)cc5c4C)C3)nn2)cc1F. The van der Waals surface area contributed by atoms with Crippen LogP contribution in [0.4, 0.5) is 4.39 Å². The van der Waals surface area contributed by atoms with Gasteiger partial charge in [0.25, 0.3) is 5.91 Å². The smallest absolute Gasteiger partial charge is 0.289 e. The molecule has 12 heteroatoms. The third-order valence-electron chi connectivity index (χ3n) is 6.66. The molecule has 38 heavy (non-hydrogen) atoms. The zero-order chi connectivity index (χ0) is 26.6. The van der Waals surface area contributed by atoms with E-state index in [2.05, 4.69) is 31.2 Å². The van der Waals surface area contributed by atoms with E-state index in [0.717, 1.165) is 15.4 Å². The lowest BCUT2D eigenvalue weighted by Gasteiger charge is -2.37. The van der Waals surface area contributed by atoms with Crippen molar-refractivity contribution in [2.45, 2.75) is 19.4 Å². The number of methoxy groups -OCH3 is 1. The van der Waals surface area contributed by atoms with E-state index in [9.17, 15) is 9.18 Å². The van der Waals surface area contributed by atoms with Crippen LogP contribution in [0.1, 0.15) is 33.5 Å². The Morgan fingerprint density at radius 1 is 1.29 bits per heavy atom. The number of furan rings is 1. The maximum absolute atomic E-state index is 14.1. The highest BCUT2D eigenvalue weighted by atomic mass is 79.9. The number of fused-ring (bicyclic) bond motifs is 1. The number of benzene rings is 2. The number of hydrogen-bond donors (Lipinski definition) is 0. The molecule has 1 aliphatic heterocycles. The van der Waals surface area contributed by atoms with Gasteiger partial charge in [0.2, 0.25) is 0 Å². The molecule has 0 saturated carbocycles. The van der Waals surface area contributed by atoms with Gasteiger partial charge in [0, 0.05) is 34.1 Å². The van der Waals surface area contributed by atoms with E-state index in [1.54, 1.807) is 34.0 Å². The van der Waals surface area contributed by atoms with Crippen molar-refractivity contribution in [1.29, 1.82) is 0 Å². The Bertz CT molecular complexity index is 1690. The third kappa shape index (κ3) is 4.25. The van der Waals surface area contributed by atoms with Crippen LogP contribution in [-0.2, 0) is 6.54 Å². The lowest BCUT2D eigenvalue weighted by molar-refractivity contribution is 0.0549. The van der Waals surface area contributed by atoms with E-state index in [0.29, 0.717) is 53.0 Å². The minimum Gasteiger partial charge on any atom is -0.494 e. The van der Waals surface area contributed by atoms with Gasteiger partial charge in [0.05, 0.1) is 30.8 Å². The first-order valence-corrected chi connectivity index (χ1v) is 12.8. The number of carbonyl (C=O) groups excluding carboxylic acids is 1. The van der Waals surface area contributed by atoms with Crippen molar-refractivity contribution in [3.05, 3.63) is 81.0 Å². The molecule has 0 aliphatic carbocycles. The molecular weight excluding hydrogens is 581 g/mol. The molecular formula is C26H20BrClFN5O4. The summed E-state index contributed by atoms with van der Waals surface area (Å²) in [6, 6.07) is 8.24. The highest BCUT2D eigenvalue weighted by Gasteiger charge is 2.38. The van der Waals surface area contributed by atoms with Crippen LogP contribution < -0.4 is 4.74 Å². The van der Waals surface area contributed by atoms with Crippen molar-refractivity contribution in [1.82, 2.24) is 24.9 Å². The minimum absolute atomic E-state index is 0.0162. The average molecular weight is 601 g/mol. The number of carbonyl (C=O) groups is 1. The standard InChI is InChI=1S/C26H20BrClFN5O4/c1-13-17-6-16(27)7-18(28)25(17)38-23(13)26(35)33-8-15(9-33)24-21(30-12-37-24)11-34-10-20(31-32-34)14-3-4-22(36-2)19(29)5-14/h3-7,10,12,15H,8-9,11H2,1-2H3. The Balaban J connectivity index is 1.15. The van der Waals surface area contributed by atoms with Crippen molar-refractivity contribution in [3.8, 4) is 17.0 Å². The third-order valence-corrected chi connectivity index (χ3v) is 7.40. The molecule has 1 aliphatic rings. The molecule has 4 heterocycles. The van der Waals surface area contributed by atoms with Gasteiger partial charge in [-0.25, -0.2) is 14.1 Å². The first kappa shape index (κ1) is 24.6. The van der Waals surface area contributed by atoms with E-state index in [1.807, 2.05) is 13.0 Å². The van der Waals surface area contributed by atoms with Gasteiger partial charge in [-0.3, -0.25) is 4.79 Å². The second-order valence-corrected chi connectivity index (χ2v) is 10.4. The van der Waals surface area contributed by atoms with Gasteiger partial charge in [0.1, 0.15) is 17.1 Å². The number of amides is 1. The Morgan fingerprint density at radius 2 is 2.11 bits per heavy atom. The second-order valence-electron chi connectivity index (χ2n) is 9.04. The summed E-state index contributed by atoms with van der Waals surface area (Å²) in [5.41, 5.74) is 3.03. The lowest BCUT2D eigenvalue weighted by Crippen LogP contribution is -2.48. The van der Waals surface area contributed by atoms with Gasteiger partial charge in [-0.05, 0) is 37.3 Å². The molecule has 0 bridgehead atoms. The number of aryl methyl sites for hydroxylation is 1. The van der Waals surface area contributed by atoms with Crippen molar-refractivity contribution in [3.63, 3.8) is 0 Å². The number of aromatic nitrogens is 4. The van der Waals surface area contributed by atoms with Gasteiger partial charge >= 0.3 is 0 Å². The Labute approximate surface area is 229 Å². The summed E-state index contributed by atoms with van der Waals surface area (Å²) < 4.78 is 33.0. The van der Waals surface area contributed by atoms with Crippen LogP contribution in [0.2, 0.25) is 5.02 Å². The summed E-state index contributed by atoms with van der Waals surface area (Å²) in [6.07, 6.45) is 3.10. The monoisotopic (exact) mass is 599 g/mol. The lowest BCUT2D eigenvalue weighted by atomic mass is 9.95. The largest absolute Gasteiger partial charge is 0.494 e. The van der Waals surface area contributed by atoms with Crippen LogP contribution in [0.3, 0.4) is 0 Å². The number of rotatable bonds is 6. The Morgan fingerprint density at radius 3 is 2.87 bits per heavy atom. The summed E-state index contributed by atoms with van der Waals surface area (Å²) in [7, 11) is 1.41. The summed E-state index contributed by atoms with van der Waals surface area (Å²) in [5.74, 6) is 0.439. The quantitative estimate of drug-likeness (QED) is 0.241. The van der Waals surface area contributed by atoms with Gasteiger partial charge in [-0.2, -0.15) is 0 Å². The molecule has 9 nitrogen and oxygen atoms in total. The maximum atomic E-state index is 14.1. The van der Waals surface area contributed by atoms with Gasteiger partial charge < -0.3 is 18.5 Å². The van der Waals surface area contributed by atoms with Crippen molar-refractivity contribution < 1.29 is 22.8 Å². The molecule has 1 fully saturated rings. The zero-order valence-electron chi connectivity index (χ0n) is 20.2. The molecule has 1 amide bonds. The predicted octanol–water partition coefficient (Wildman–Crippen LogP) is 5.84. The number of hydrogen-bond acceptors (Lipinski definition) is 7. The topological polar surface area (TPSA) is 99.4 Å². The van der Waals surface area contributed by atoms with E-state index >= 15 is 0 Å². The summed E-state index contributed by atoms with van der Waals surface area (Å²) in [5, 5.41) is 9.54. The van der Waals surface area contributed by atoms with Gasteiger partial charge in [-0.15, -0.1) is 5.10 Å². The van der Waals surface area contributed by atoms with Crippen molar-refractivity contribution >= 4 is 44.4 Å². The molecule has 5 aromatic rings. The highest BCUT2D eigenvalue weighted by molar-refractivity contribution is 9.10. The van der Waals surface area contributed by atoms with Crippen molar-refractivity contribution in [2.75, 3.05) is 20.2 Å². The van der Waals surface area contributed by atoms with Crippen LogP contribution in [0.5, 0.6) is 5.75 Å². The van der Waals surface area contributed by atoms with E-state index in [-0.39, 0.29) is 23.3 Å². The fraction of sp³-hybridized carbons (Fsp3) is 0.231. The van der Waals surface area contributed by atoms with Crippen LogP contribution in [0, 0.1) is 12.7 Å². The fourth-order valence-corrected chi connectivity index (χ4v) is 5.47. The highest BCUT2D eigenvalue weighted by Crippen LogP contribution is 2.36. The number of nitrogens with zero attached hydrogens (tertiary/aromatic N) is 5. The number of ether oxygens (including phenoxy) is 1. The normalized spacial score (nSPS) is 13.8. The fourth-order valence-electron chi connectivity index (χ4n) is 4.62. The van der Waals surface area contributed by atoms with Gasteiger partial charge in [-0.1, -0.05) is 32.7 Å². The molecule has 0 radical (unpaired) electrons. The van der Waals surface area contributed by atoms with E-state index in [1.165, 1.54) is 19.6 Å². The molecule has 0 unspecified atom stereocenters. The number of halogens is 3. The van der Waals surface area contributed by atoms with Gasteiger partial charge in [0.15, 0.2) is 29.3 Å². The Kier molecular flexibility index (Phi) is 6.19. The average Bonchev–Trinajstić information content (AvgIpc) is 3.59. The second kappa shape index (κ2) is 9.55. The van der Waals surface area contributed by atoms with E-state index in [4.69, 9.17) is 25.2 Å². The molecule has 3 aromatic heterocycles. The van der Waals surface area contributed by atoms with Crippen LogP contribution >= 0.6 is 27.5 Å². The van der Waals surface area contributed by atoms with Crippen LogP contribution in [-0.4, -0.2) is 51.0 Å². The number of oxazole rings is 1. The maximum Gasteiger partial charge on any atom is 0.289 e. The zero-order valence-corrected chi connectivity index (χ0v) is 22.6. The molecule has 0 atom stereocenters. The first-order valence-electron chi connectivity index (χ1n) is 11.7. The van der Waals surface area contributed by atoms with E-state index < -0.39 is 5.82 Å². The summed E-state index contributed by atoms with van der Waals surface area (Å²) >= 11 is 9.74. The number of likely N-dealkylation sites (tertiary alicyclic amines) is 1. The summed E-state index contributed by atoms with van der Waals surface area (Å²) in [4.78, 5) is 19.2. The summed E-state index contributed by atoms with van der Waals surface area (Å²) in [6.45, 7) is 3.09. The molecule has 0 spiro atoms. The minimum atomic E-state index is -0.476. The first-order chi connectivity index (χ1) is 18.3. The van der Waals surface area contributed by atoms with Crippen LogP contribution in [0.15, 0.2) is 56.2 Å². The molecule has 194 valence electrons. The Hall–Kier alpha value is -3.70. The molecule has 1 saturated heterocycles.